The predicted molar refractivity (Wildman–Crippen MR) is 120 cm³/mol. The van der Waals surface area contributed by atoms with E-state index < -0.39 is 0 Å². The number of rotatable bonds is 6. The molecule has 5 aromatic rings. The highest BCUT2D eigenvalue weighted by molar-refractivity contribution is 6.24. The molecule has 0 saturated carbocycles. The molecule has 142 valence electrons. The van der Waals surface area contributed by atoms with Crippen LogP contribution in [-0.4, -0.2) is 14.1 Å². The Bertz CT molecular complexity index is 1290. The number of hydrogen-bond donors (Lipinski definition) is 0. The fraction of sp³-hybridized carbons (Fsp3) is 0.320. The molecule has 3 aromatic heterocycles. The first kappa shape index (κ1) is 17.3. The fourth-order valence-electron chi connectivity index (χ4n) is 4.64. The first-order valence-electron chi connectivity index (χ1n) is 10.6. The van der Waals surface area contributed by atoms with Crippen molar-refractivity contribution in [3.05, 3.63) is 54.7 Å². The van der Waals surface area contributed by atoms with Crippen molar-refractivity contribution in [3.8, 4) is 0 Å². The van der Waals surface area contributed by atoms with E-state index in [1.165, 1.54) is 63.8 Å². The van der Waals surface area contributed by atoms with Crippen LogP contribution in [0.15, 0.2) is 54.7 Å². The number of benzene rings is 2. The third kappa shape index (κ3) is 2.46. The van der Waals surface area contributed by atoms with E-state index in [1.807, 2.05) is 6.20 Å². The van der Waals surface area contributed by atoms with Crippen LogP contribution in [0.1, 0.15) is 39.5 Å². The van der Waals surface area contributed by atoms with E-state index in [9.17, 15) is 0 Å². The predicted octanol–water partition coefficient (Wildman–Crippen LogP) is 6.90. The molecule has 2 aromatic carbocycles. The van der Waals surface area contributed by atoms with Gasteiger partial charge < -0.3 is 9.13 Å². The summed E-state index contributed by atoms with van der Waals surface area (Å²) >= 11 is 0. The van der Waals surface area contributed by atoms with Crippen molar-refractivity contribution < 1.29 is 0 Å². The molecule has 0 unspecified atom stereocenters. The monoisotopic (exact) mass is 369 g/mol. The number of unbranched alkanes of at least 4 members (excludes halogenated alkanes) is 2. The summed E-state index contributed by atoms with van der Waals surface area (Å²) in [5.74, 6) is 0. The lowest BCUT2D eigenvalue weighted by Crippen LogP contribution is -1.99. The second kappa shape index (κ2) is 6.97. The molecule has 5 rings (SSSR count). The van der Waals surface area contributed by atoms with Crippen molar-refractivity contribution in [3.63, 3.8) is 0 Å². The third-order valence-corrected chi connectivity index (χ3v) is 5.98. The van der Waals surface area contributed by atoms with Crippen LogP contribution in [0.25, 0.3) is 43.7 Å². The maximum atomic E-state index is 4.78. The molecule has 0 atom stereocenters. The molecule has 0 aliphatic heterocycles. The Balaban J connectivity index is 1.96. The lowest BCUT2D eigenvalue weighted by molar-refractivity contribution is 0.660. The largest absolute Gasteiger partial charge is 0.340 e. The van der Waals surface area contributed by atoms with E-state index in [0.717, 1.165) is 18.7 Å². The fourth-order valence-corrected chi connectivity index (χ4v) is 4.64. The Morgan fingerprint density at radius 3 is 2.29 bits per heavy atom. The topological polar surface area (TPSA) is 22.8 Å². The van der Waals surface area contributed by atoms with Gasteiger partial charge in [0.25, 0.3) is 0 Å². The smallest absolute Gasteiger partial charge is 0.141 e. The molecular weight excluding hydrogens is 342 g/mol. The number of aryl methyl sites for hydroxylation is 2. The molecule has 0 aliphatic carbocycles. The van der Waals surface area contributed by atoms with Gasteiger partial charge >= 0.3 is 0 Å². The normalized spacial score (nSPS) is 12.1. The first-order chi connectivity index (χ1) is 13.8. The Morgan fingerprint density at radius 1 is 0.714 bits per heavy atom. The molecule has 0 N–H and O–H groups in total. The molecule has 0 fully saturated rings. The number of para-hydroxylation sites is 1. The number of hydrogen-bond acceptors (Lipinski definition) is 1. The van der Waals surface area contributed by atoms with Crippen molar-refractivity contribution in [2.24, 2.45) is 0 Å². The molecule has 0 aliphatic rings. The van der Waals surface area contributed by atoms with Crippen LogP contribution in [-0.2, 0) is 13.1 Å². The third-order valence-electron chi connectivity index (χ3n) is 5.98. The zero-order valence-electron chi connectivity index (χ0n) is 16.8. The summed E-state index contributed by atoms with van der Waals surface area (Å²) < 4.78 is 4.97. The second-order valence-electron chi connectivity index (χ2n) is 7.76. The van der Waals surface area contributed by atoms with Crippen molar-refractivity contribution in [2.45, 2.75) is 52.6 Å². The highest BCUT2D eigenvalue weighted by Gasteiger charge is 2.19. The minimum Gasteiger partial charge on any atom is -0.340 e. The summed E-state index contributed by atoms with van der Waals surface area (Å²) in [7, 11) is 0. The van der Waals surface area contributed by atoms with Crippen molar-refractivity contribution in [1.82, 2.24) is 14.1 Å². The summed E-state index contributed by atoms with van der Waals surface area (Å²) in [4.78, 5) is 4.78. The van der Waals surface area contributed by atoms with Crippen LogP contribution in [0.3, 0.4) is 0 Å². The van der Waals surface area contributed by atoms with Gasteiger partial charge in [-0.15, -0.1) is 0 Å². The Labute approximate surface area is 165 Å². The summed E-state index contributed by atoms with van der Waals surface area (Å²) in [5, 5.41) is 5.36. The number of aromatic nitrogens is 3. The minimum atomic E-state index is 1.02. The minimum absolute atomic E-state index is 1.02. The van der Waals surface area contributed by atoms with Crippen molar-refractivity contribution >= 4 is 43.7 Å². The van der Waals surface area contributed by atoms with E-state index >= 15 is 0 Å². The number of pyridine rings is 1. The van der Waals surface area contributed by atoms with Gasteiger partial charge in [-0.25, -0.2) is 4.98 Å². The Morgan fingerprint density at radius 2 is 1.46 bits per heavy atom. The average Bonchev–Trinajstić information content (AvgIpc) is 3.23. The first-order valence-corrected chi connectivity index (χ1v) is 10.6. The molecule has 0 saturated heterocycles. The quantitative estimate of drug-likeness (QED) is 0.319. The van der Waals surface area contributed by atoms with Crippen LogP contribution in [0.5, 0.6) is 0 Å². The Kier molecular flexibility index (Phi) is 4.31. The zero-order chi connectivity index (χ0) is 19.1. The van der Waals surface area contributed by atoms with Crippen LogP contribution in [0.4, 0.5) is 0 Å². The molecule has 0 bridgehead atoms. The van der Waals surface area contributed by atoms with E-state index in [-0.39, 0.29) is 0 Å². The lowest BCUT2D eigenvalue weighted by atomic mass is 10.1. The number of nitrogens with zero attached hydrogens (tertiary/aromatic N) is 3. The van der Waals surface area contributed by atoms with E-state index in [4.69, 9.17) is 4.98 Å². The molecular formula is C25H27N3. The highest BCUT2D eigenvalue weighted by Crippen LogP contribution is 2.39. The standard InChI is InChI=1S/C25H27N3/c1-3-5-16-27-21-12-8-7-10-18(21)19-13-14-22-23(24(19)27)20-11-9-15-26-25(20)28(22)17-6-4-2/h7-15H,3-6,16-17H2,1-2H3. The second-order valence-corrected chi connectivity index (χ2v) is 7.76. The summed E-state index contributed by atoms with van der Waals surface area (Å²) in [6.07, 6.45) is 6.67. The van der Waals surface area contributed by atoms with Crippen LogP contribution < -0.4 is 0 Å². The van der Waals surface area contributed by atoms with Crippen molar-refractivity contribution in [2.75, 3.05) is 0 Å². The van der Waals surface area contributed by atoms with Gasteiger partial charge in [0.2, 0.25) is 0 Å². The van der Waals surface area contributed by atoms with E-state index in [1.54, 1.807) is 0 Å². The van der Waals surface area contributed by atoms with E-state index in [2.05, 4.69) is 71.5 Å². The van der Waals surface area contributed by atoms with Crippen LogP contribution in [0, 0.1) is 0 Å². The lowest BCUT2D eigenvalue weighted by Gasteiger charge is -2.08. The van der Waals surface area contributed by atoms with Gasteiger partial charge in [-0.05, 0) is 37.1 Å². The number of fused-ring (bicyclic) bond motifs is 7. The molecule has 0 amide bonds. The molecule has 0 radical (unpaired) electrons. The molecule has 3 heteroatoms. The van der Waals surface area contributed by atoms with Crippen LogP contribution in [0.2, 0.25) is 0 Å². The maximum Gasteiger partial charge on any atom is 0.141 e. The molecule has 0 spiro atoms. The van der Waals surface area contributed by atoms with Gasteiger partial charge in [0.15, 0.2) is 0 Å². The van der Waals surface area contributed by atoms with Gasteiger partial charge in [-0.3, -0.25) is 0 Å². The molecule has 3 nitrogen and oxygen atoms in total. The molecule has 28 heavy (non-hydrogen) atoms. The Hall–Kier alpha value is -2.81. The maximum absolute atomic E-state index is 4.78. The summed E-state index contributed by atoms with van der Waals surface area (Å²) in [6, 6.07) is 17.8. The van der Waals surface area contributed by atoms with Crippen molar-refractivity contribution in [1.29, 1.82) is 0 Å². The summed E-state index contributed by atoms with van der Waals surface area (Å²) in [5.41, 5.74) is 5.15. The zero-order valence-corrected chi connectivity index (χ0v) is 16.8. The average molecular weight is 370 g/mol. The SMILES string of the molecule is CCCCn1c2ccc3c4ccccc4n(CCCC)c3c2c2cccnc21. The van der Waals surface area contributed by atoms with Gasteiger partial charge in [0.1, 0.15) is 5.65 Å². The van der Waals surface area contributed by atoms with Crippen LogP contribution >= 0.6 is 0 Å². The van der Waals surface area contributed by atoms with Gasteiger partial charge in [-0.1, -0.05) is 51.0 Å². The van der Waals surface area contributed by atoms with Gasteiger partial charge in [0.05, 0.1) is 11.0 Å². The highest BCUT2D eigenvalue weighted by atomic mass is 15.0. The molecule has 3 heterocycles. The van der Waals surface area contributed by atoms with E-state index in [0.29, 0.717) is 0 Å². The van der Waals surface area contributed by atoms with Gasteiger partial charge in [-0.2, -0.15) is 0 Å². The van der Waals surface area contributed by atoms with Gasteiger partial charge in [0, 0.05) is 46.3 Å². The summed E-state index contributed by atoms with van der Waals surface area (Å²) in [6.45, 7) is 6.60.